The lowest BCUT2D eigenvalue weighted by molar-refractivity contribution is 0.102. The largest absolute Gasteiger partial charge is 0.493 e. The van der Waals surface area contributed by atoms with Crippen LogP contribution in [0.4, 0.5) is 10.7 Å². The van der Waals surface area contributed by atoms with E-state index < -0.39 is 0 Å². The summed E-state index contributed by atoms with van der Waals surface area (Å²) in [4.78, 5) is 19.6. The van der Waals surface area contributed by atoms with Crippen LogP contribution in [0.2, 0.25) is 5.02 Å². The van der Waals surface area contributed by atoms with E-state index in [0.717, 1.165) is 30.4 Å². The standard InChI is InChI=1S/C28H31ClN2O3S/c1-28(2,3)18-9-14-21-23(15-18)35-27(24(21)26(32)31-20-12-10-19(29)11-13-20)30-16-17-7-6-8-22(33-4)25(17)34-5/h6-8,10-13,16,18H,9,14-15H2,1-5H3,(H,31,32)/t18-/m0/s1. The number of hydrogen-bond donors (Lipinski definition) is 1. The van der Waals surface area contributed by atoms with E-state index in [1.807, 2.05) is 18.2 Å². The van der Waals surface area contributed by atoms with Crippen LogP contribution in [0.5, 0.6) is 11.5 Å². The van der Waals surface area contributed by atoms with Crippen LogP contribution < -0.4 is 14.8 Å². The average Bonchev–Trinajstić information content (AvgIpc) is 3.21. The molecule has 0 spiro atoms. The van der Waals surface area contributed by atoms with Gasteiger partial charge in [0, 0.05) is 27.4 Å². The van der Waals surface area contributed by atoms with E-state index in [9.17, 15) is 4.79 Å². The molecule has 0 fully saturated rings. The Hall–Kier alpha value is -2.83. The Bertz CT molecular complexity index is 1240. The topological polar surface area (TPSA) is 59.9 Å². The molecule has 7 heteroatoms. The number of benzene rings is 2. The normalized spacial score (nSPS) is 15.7. The van der Waals surface area contributed by atoms with Crippen LogP contribution in [-0.2, 0) is 12.8 Å². The molecular weight excluding hydrogens is 480 g/mol. The molecule has 0 aliphatic heterocycles. The minimum atomic E-state index is -0.149. The van der Waals surface area contributed by atoms with Crippen LogP contribution in [0.1, 0.15) is 53.6 Å². The summed E-state index contributed by atoms with van der Waals surface area (Å²) >= 11 is 7.63. The molecule has 4 rings (SSSR count). The van der Waals surface area contributed by atoms with Gasteiger partial charge >= 0.3 is 0 Å². The van der Waals surface area contributed by atoms with E-state index in [1.54, 1.807) is 56.0 Å². The fourth-order valence-electron chi connectivity index (χ4n) is 4.50. The molecule has 184 valence electrons. The van der Waals surface area contributed by atoms with Crippen LogP contribution in [0.25, 0.3) is 0 Å². The third-order valence-corrected chi connectivity index (χ3v) is 7.97. The number of hydrogen-bond acceptors (Lipinski definition) is 5. The molecule has 3 aromatic rings. The molecular formula is C28H31ClN2O3S. The number of fused-ring (bicyclic) bond motifs is 1. The third kappa shape index (κ3) is 5.54. The fourth-order valence-corrected chi connectivity index (χ4v) is 5.90. The number of methoxy groups -OCH3 is 2. The average molecular weight is 511 g/mol. The Morgan fingerprint density at radius 3 is 2.54 bits per heavy atom. The zero-order valence-electron chi connectivity index (χ0n) is 20.8. The van der Waals surface area contributed by atoms with Gasteiger partial charge in [-0.15, -0.1) is 11.3 Å². The van der Waals surface area contributed by atoms with Gasteiger partial charge in [0.15, 0.2) is 11.5 Å². The van der Waals surface area contributed by atoms with Gasteiger partial charge < -0.3 is 14.8 Å². The number of aliphatic imine (C=N–C) groups is 1. The van der Waals surface area contributed by atoms with E-state index in [0.29, 0.717) is 38.7 Å². The van der Waals surface area contributed by atoms with E-state index >= 15 is 0 Å². The van der Waals surface area contributed by atoms with Crippen LogP contribution in [0, 0.1) is 11.3 Å². The Balaban J connectivity index is 1.73. The quantitative estimate of drug-likeness (QED) is 0.348. The fraction of sp³-hybridized carbons (Fsp3) is 0.357. The van der Waals surface area contributed by atoms with Crippen molar-refractivity contribution in [1.82, 2.24) is 0 Å². The van der Waals surface area contributed by atoms with Crippen molar-refractivity contribution in [2.75, 3.05) is 19.5 Å². The van der Waals surface area contributed by atoms with E-state index in [1.165, 1.54) is 4.88 Å². The molecule has 0 saturated carbocycles. The molecule has 0 bridgehead atoms. The summed E-state index contributed by atoms with van der Waals surface area (Å²) in [6.07, 6.45) is 4.64. The second-order valence-electron chi connectivity index (χ2n) is 9.79. The van der Waals surface area contributed by atoms with Gasteiger partial charge in [-0.25, -0.2) is 4.99 Å². The van der Waals surface area contributed by atoms with Crippen molar-refractivity contribution >= 4 is 45.7 Å². The highest BCUT2D eigenvalue weighted by Crippen LogP contribution is 2.45. The lowest BCUT2D eigenvalue weighted by atomic mass is 9.72. The number of rotatable bonds is 6. The van der Waals surface area contributed by atoms with Crippen molar-refractivity contribution in [2.45, 2.75) is 40.0 Å². The first kappa shape index (κ1) is 25.3. The minimum Gasteiger partial charge on any atom is -0.493 e. The lowest BCUT2D eigenvalue weighted by Crippen LogP contribution is -2.27. The van der Waals surface area contributed by atoms with Gasteiger partial charge in [0.1, 0.15) is 5.00 Å². The number of carbonyl (C=O) groups excluding carboxylic acids is 1. The second kappa shape index (κ2) is 10.4. The van der Waals surface area contributed by atoms with Crippen molar-refractivity contribution in [3.63, 3.8) is 0 Å². The second-order valence-corrected chi connectivity index (χ2v) is 11.3. The molecule has 2 aromatic carbocycles. The highest BCUT2D eigenvalue weighted by atomic mass is 35.5. The van der Waals surface area contributed by atoms with Crippen LogP contribution in [0.15, 0.2) is 47.5 Å². The van der Waals surface area contributed by atoms with E-state index in [-0.39, 0.29) is 11.3 Å². The number of thiophene rings is 1. The summed E-state index contributed by atoms with van der Waals surface area (Å²) in [5.74, 6) is 1.66. The molecule has 1 N–H and O–H groups in total. The molecule has 0 unspecified atom stereocenters. The predicted molar refractivity (Wildman–Crippen MR) is 145 cm³/mol. The van der Waals surface area contributed by atoms with Crippen molar-refractivity contribution in [1.29, 1.82) is 0 Å². The van der Waals surface area contributed by atoms with Gasteiger partial charge in [-0.3, -0.25) is 4.79 Å². The molecule has 1 aromatic heterocycles. The smallest absolute Gasteiger partial charge is 0.259 e. The highest BCUT2D eigenvalue weighted by Gasteiger charge is 2.33. The zero-order chi connectivity index (χ0) is 25.2. The molecule has 5 nitrogen and oxygen atoms in total. The van der Waals surface area contributed by atoms with Crippen molar-refractivity contribution in [2.24, 2.45) is 16.3 Å². The number of carbonyl (C=O) groups is 1. The molecule has 1 heterocycles. The SMILES string of the molecule is COc1cccc(C=Nc2sc3c(c2C(=O)Nc2ccc(Cl)cc2)CC[C@H](C(C)(C)C)C3)c1OC. The predicted octanol–water partition coefficient (Wildman–Crippen LogP) is 7.57. The molecule has 1 amide bonds. The maximum atomic E-state index is 13.5. The third-order valence-electron chi connectivity index (χ3n) is 6.55. The summed E-state index contributed by atoms with van der Waals surface area (Å²) in [5, 5.41) is 4.37. The first-order valence-corrected chi connectivity index (χ1v) is 12.9. The van der Waals surface area contributed by atoms with Gasteiger partial charge in [0.25, 0.3) is 5.91 Å². The van der Waals surface area contributed by atoms with Crippen molar-refractivity contribution in [3.05, 3.63) is 69.1 Å². The first-order chi connectivity index (χ1) is 16.7. The highest BCUT2D eigenvalue weighted by molar-refractivity contribution is 7.16. The van der Waals surface area contributed by atoms with Gasteiger partial charge in [0.2, 0.25) is 0 Å². The lowest BCUT2D eigenvalue weighted by Gasteiger charge is -2.33. The van der Waals surface area contributed by atoms with E-state index in [2.05, 4.69) is 26.1 Å². The summed E-state index contributed by atoms with van der Waals surface area (Å²) in [6.45, 7) is 6.87. The van der Waals surface area contributed by atoms with Crippen molar-refractivity contribution < 1.29 is 14.3 Å². The summed E-state index contributed by atoms with van der Waals surface area (Å²) in [7, 11) is 3.22. The molecule has 1 aliphatic carbocycles. The number of nitrogens with zero attached hydrogens (tertiary/aromatic N) is 1. The number of amides is 1. The Morgan fingerprint density at radius 2 is 1.89 bits per heavy atom. The Morgan fingerprint density at radius 1 is 1.14 bits per heavy atom. The summed E-state index contributed by atoms with van der Waals surface area (Å²) in [6, 6.07) is 12.8. The summed E-state index contributed by atoms with van der Waals surface area (Å²) in [5.41, 5.74) is 3.48. The first-order valence-electron chi connectivity index (χ1n) is 11.7. The van der Waals surface area contributed by atoms with Crippen LogP contribution >= 0.6 is 22.9 Å². The maximum absolute atomic E-state index is 13.5. The number of anilines is 1. The number of nitrogens with one attached hydrogen (secondary N) is 1. The maximum Gasteiger partial charge on any atom is 0.259 e. The van der Waals surface area contributed by atoms with Gasteiger partial charge in [0.05, 0.1) is 19.8 Å². The molecule has 1 aliphatic rings. The molecule has 0 saturated heterocycles. The monoisotopic (exact) mass is 510 g/mol. The van der Waals surface area contributed by atoms with E-state index in [4.69, 9.17) is 26.1 Å². The number of para-hydroxylation sites is 1. The number of halogens is 1. The Labute approximate surface area is 216 Å². The number of ether oxygens (including phenoxy) is 2. The zero-order valence-corrected chi connectivity index (χ0v) is 22.3. The molecule has 1 atom stereocenters. The molecule has 35 heavy (non-hydrogen) atoms. The Kier molecular flexibility index (Phi) is 7.53. The minimum absolute atomic E-state index is 0.149. The van der Waals surface area contributed by atoms with Gasteiger partial charge in [-0.05, 0) is 72.6 Å². The van der Waals surface area contributed by atoms with Gasteiger partial charge in [-0.1, -0.05) is 38.4 Å². The van der Waals surface area contributed by atoms with Crippen LogP contribution in [0.3, 0.4) is 0 Å². The van der Waals surface area contributed by atoms with Crippen LogP contribution in [-0.4, -0.2) is 26.3 Å². The van der Waals surface area contributed by atoms with Gasteiger partial charge in [-0.2, -0.15) is 0 Å². The molecule has 0 radical (unpaired) electrons. The van der Waals surface area contributed by atoms with Crippen molar-refractivity contribution in [3.8, 4) is 11.5 Å². The summed E-state index contributed by atoms with van der Waals surface area (Å²) < 4.78 is 11.0.